The van der Waals surface area contributed by atoms with Crippen molar-refractivity contribution in [3.8, 4) is 5.75 Å². The zero-order valence-corrected chi connectivity index (χ0v) is 19.5. The van der Waals surface area contributed by atoms with E-state index < -0.39 is 0 Å². The summed E-state index contributed by atoms with van der Waals surface area (Å²) in [6, 6.07) is 23.1. The van der Waals surface area contributed by atoms with Crippen molar-refractivity contribution in [3.63, 3.8) is 0 Å². The molecule has 1 aliphatic heterocycles. The van der Waals surface area contributed by atoms with Crippen LogP contribution in [0.4, 0.5) is 5.69 Å². The fourth-order valence-corrected chi connectivity index (χ4v) is 4.96. The summed E-state index contributed by atoms with van der Waals surface area (Å²) in [5, 5.41) is 4.03. The second-order valence-electron chi connectivity index (χ2n) is 8.51. The Hall–Kier alpha value is -4.06. The Bertz CT molecular complexity index is 1390. The molecule has 0 spiro atoms. The third-order valence-corrected chi connectivity index (χ3v) is 6.61. The number of carbonyl (C=O) groups excluding carboxylic acids is 2. The molecule has 6 heteroatoms. The quantitative estimate of drug-likeness (QED) is 0.450. The molecule has 6 nitrogen and oxygen atoms in total. The summed E-state index contributed by atoms with van der Waals surface area (Å²) < 4.78 is 7.27. The van der Waals surface area contributed by atoms with Crippen molar-refractivity contribution in [3.05, 3.63) is 95.2 Å². The number of benzene rings is 3. The van der Waals surface area contributed by atoms with Gasteiger partial charge in [0.1, 0.15) is 18.0 Å². The first-order valence-electron chi connectivity index (χ1n) is 11.4. The van der Waals surface area contributed by atoms with Gasteiger partial charge in [-0.15, -0.1) is 0 Å². The molecule has 34 heavy (non-hydrogen) atoms. The van der Waals surface area contributed by atoms with E-state index >= 15 is 0 Å². The van der Waals surface area contributed by atoms with Crippen LogP contribution < -0.4 is 10.1 Å². The molecule has 1 atom stereocenters. The fraction of sp³-hybridized carbons (Fsp3) is 0.214. The Morgan fingerprint density at radius 3 is 2.44 bits per heavy atom. The van der Waals surface area contributed by atoms with Gasteiger partial charge in [-0.3, -0.25) is 9.59 Å². The summed E-state index contributed by atoms with van der Waals surface area (Å²) in [6.45, 7) is 2.01. The van der Waals surface area contributed by atoms with E-state index in [1.807, 2.05) is 84.4 Å². The van der Waals surface area contributed by atoms with Crippen LogP contribution in [-0.2, 0) is 18.3 Å². The standard InChI is InChI=1S/C28H27N3O3/c1-4-18-9-5-7-11-22(18)29-24(32)17-31-26(19-13-15-20(34-3)16-14-19)25-21-10-6-8-12-23(21)30(2)27(25)28(31)33/h5-16,26H,4,17H2,1-3H3,(H,29,32)/t26-/m0/s1. The zero-order chi connectivity index (χ0) is 23.8. The minimum absolute atomic E-state index is 0.0451. The number of hydrogen-bond acceptors (Lipinski definition) is 3. The number of aryl methyl sites for hydroxylation is 2. The average Bonchev–Trinajstić information content (AvgIpc) is 3.31. The summed E-state index contributed by atoms with van der Waals surface area (Å²) in [7, 11) is 3.53. The monoisotopic (exact) mass is 453 g/mol. The number of carbonyl (C=O) groups is 2. The van der Waals surface area contributed by atoms with E-state index in [1.165, 1.54) is 0 Å². The van der Waals surface area contributed by atoms with Crippen molar-refractivity contribution in [1.29, 1.82) is 0 Å². The molecule has 172 valence electrons. The highest BCUT2D eigenvalue weighted by Gasteiger charge is 2.42. The maximum absolute atomic E-state index is 13.7. The number of amides is 2. The van der Waals surface area contributed by atoms with E-state index in [9.17, 15) is 9.59 Å². The summed E-state index contributed by atoms with van der Waals surface area (Å²) in [5.41, 5.74) is 5.35. The van der Waals surface area contributed by atoms with Gasteiger partial charge >= 0.3 is 0 Å². The minimum Gasteiger partial charge on any atom is -0.497 e. The number of rotatable bonds is 6. The smallest absolute Gasteiger partial charge is 0.272 e. The number of anilines is 1. The normalized spacial score (nSPS) is 15.0. The predicted octanol–water partition coefficient (Wildman–Crippen LogP) is 4.93. The molecule has 1 aliphatic rings. The topological polar surface area (TPSA) is 63.6 Å². The summed E-state index contributed by atoms with van der Waals surface area (Å²) in [6.07, 6.45) is 0.811. The highest BCUT2D eigenvalue weighted by molar-refractivity contribution is 6.08. The Labute approximate surface area is 198 Å². The molecule has 0 aliphatic carbocycles. The van der Waals surface area contributed by atoms with E-state index in [0.29, 0.717) is 5.69 Å². The number of nitrogens with one attached hydrogen (secondary N) is 1. The lowest BCUT2D eigenvalue weighted by Gasteiger charge is -2.26. The average molecular weight is 454 g/mol. The maximum Gasteiger partial charge on any atom is 0.272 e. The molecule has 4 aromatic rings. The van der Waals surface area contributed by atoms with Crippen LogP contribution in [0.3, 0.4) is 0 Å². The molecule has 0 bridgehead atoms. The van der Waals surface area contributed by atoms with Crippen LogP contribution in [0.1, 0.15) is 40.1 Å². The van der Waals surface area contributed by atoms with Crippen molar-refractivity contribution >= 4 is 28.4 Å². The molecule has 0 saturated heterocycles. The molecule has 2 heterocycles. The third kappa shape index (κ3) is 3.52. The third-order valence-electron chi connectivity index (χ3n) is 6.61. The highest BCUT2D eigenvalue weighted by Crippen LogP contribution is 2.44. The van der Waals surface area contributed by atoms with Gasteiger partial charge < -0.3 is 19.5 Å². The first-order chi connectivity index (χ1) is 16.5. The van der Waals surface area contributed by atoms with Crippen LogP contribution in [0, 0.1) is 0 Å². The number of ether oxygens (including phenoxy) is 1. The number of aromatic nitrogens is 1. The molecular weight excluding hydrogens is 426 g/mol. The lowest BCUT2D eigenvalue weighted by atomic mass is 9.98. The van der Waals surface area contributed by atoms with Gasteiger partial charge in [0.05, 0.1) is 13.2 Å². The van der Waals surface area contributed by atoms with Crippen molar-refractivity contribution in [2.24, 2.45) is 7.05 Å². The van der Waals surface area contributed by atoms with Gasteiger partial charge in [0.15, 0.2) is 0 Å². The van der Waals surface area contributed by atoms with E-state index in [2.05, 4.69) is 12.2 Å². The summed E-state index contributed by atoms with van der Waals surface area (Å²) in [5.74, 6) is 0.380. The van der Waals surface area contributed by atoms with Gasteiger partial charge in [0.25, 0.3) is 5.91 Å². The van der Waals surface area contributed by atoms with Gasteiger partial charge in [0, 0.05) is 29.2 Å². The van der Waals surface area contributed by atoms with E-state index in [1.54, 1.807) is 12.0 Å². The van der Waals surface area contributed by atoms with E-state index in [0.717, 1.165) is 45.5 Å². The van der Waals surface area contributed by atoms with Crippen LogP contribution in [0.5, 0.6) is 5.75 Å². The molecule has 0 unspecified atom stereocenters. The molecule has 0 fully saturated rings. The number of para-hydroxylation sites is 2. The van der Waals surface area contributed by atoms with Gasteiger partial charge in [0.2, 0.25) is 5.91 Å². The van der Waals surface area contributed by atoms with Gasteiger partial charge in [-0.2, -0.15) is 0 Å². The molecule has 0 saturated carbocycles. The number of fused-ring (bicyclic) bond motifs is 3. The fourth-order valence-electron chi connectivity index (χ4n) is 4.96. The minimum atomic E-state index is -0.369. The lowest BCUT2D eigenvalue weighted by Crippen LogP contribution is -2.37. The van der Waals surface area contributed by atoms with Crippen LogP contribution in [-0.4, -0.2) is 34.9 Å². The summed E-state index contributed by atoms with van der Waals surface area (Å²) >= 11 is 0. The molecule has 1 N–H and O–H groups in total. The Morgan fingerprint density at radius 1 is 1.00 bits per heavy atom. The van der Waals surface area contributed by atoms with Crippen LogP contribution in [0.15, 0.2) is 72.8 Å². The molecule has 2 amide bonds. The maximum atomic E-state index is 13.7. The molecular formula is C28H27N3O3. The molecule has 0 radical (unpaired) electrons. The lowest BCUT2D eigenvalue weighted by molar-refractivity contribution is -0.117. The SMILES string of the molecule is CCc1ccccc1NC(=O)CN1C(=O)c2c(c3ccccc3n2C)[C@@H]1c1ccc(OC)cc1. The molecule has 1 aromatic heterocycles. The Kier molecular flexibility index (Phi) is 5.57. The van der Waals surface area contributed by atoms with Gasteiger partial charge in [-0.05, 0) is 41.8 Å². The van der Waals surface area contributed by atoms with Crippen molar-refractivity contribution in [2.45, 2.75) is 19.4 Å². The van der Waals surface area contributed by atoms with Crippen LogP contribution in [0.2, 0.25) is 0 Å². The van der Waals surface area contributed by atoms with Crippen molar-refractivity contribution in [1.82, 2.24) is 9.47 Å². The van der Waals surface area contributed by atoms with Gasteiger partial charge in [-0.25, -0.2) is 0 Å². The first-order valence-corrected chi connectivity index (χ1v) is 11.4. The molecule has 3 aromatic carbocycles. The predicted molar refractivity (Wildman–Crippen MR) is 133 cm³/mol. The number of hydrogen-bond donors (Lipinski definition) is 1. The Morgan fingerprint density at radius 2 is 1.71 bits per heavy atom. The van der Waals surface area contributed by atoms with Gasteiger partial charge in [-0.1, -0.05) is 55.5 Å². The van der Waals surface area contributed by atoms with Crippen LogP contribution in [0.25, 0.3) is 10.9 Å². The zero-order valence-electron chi connectivity index (χ0n) is 19.5. The largest absolute Gasteiger partial charge is 0.497 e. The number of nitrogens with zero attached hydrogens (tertiary/aromatic N) is 2. The second kappa shape index (κ2) is 8.71. The first kappa shape index (κ1) is 21.8. The Balaban J connectivity index is 1.55. The second-order valence-corrected chi connectivity index (χ2v) is 8.51. The van der Waals surface area contributed by atoms with E-state index in [4.69, 9.17) is 4.74 Å². The van der Waals surface area contributed by atoms with Crippen molar-refractivity contribution < 1.29 is 14.3 Å². The van der Waals surface area contributed by atoms with E-state index in [-0.39, 0.29) is 24.4 Å². The summed E-state index contributed by atoms with van der Waals surface area (Å²) in [4.78, 5) is 28.5. The molecule has 5 rings (SSSR count). The highest BCUT2D eigenvalue weighted by atomic mass is 16.5. The van der Waals surface area contributed by atoms with Crippen LogP contribution >= 0.6 is 0 Å². The number of methoxy groups -OCH3 is 1. The van der Waals surface area contributed by atoms with Crippen molar-refractivity contribution in [2.75, 3.05) is 19.0 Å².